The Hall–Kier alpha value is -1.42. The number of aliphatic carboxylic acids is 1. The summed E-state index contributed by atoms with van der Waals surface area (Å²) in [6.07, 6.45) is -1.04. The average Bonchev–Trinajstić information content (AvgIpc) is 2.40. The molecule has 0 bridgehead atoms. The van der Waals surface area contributed by atoms with Crippen molar-refractivity contribution in [2.45, 2.75) is 12.5 Å². The van der Waals surface area contributed by atoms with Gasteiger partial charge in [0.15, 0.2) is 0 Å². The average molecular weight is 290 g/mol. The highest BCUT2D eigenvalue weighted by atomic mass is 16.4. The number of hydrogen-bond donors (Lipinski definition) is 4. The van der Waals surface area contributed by atoms with Crippen LogP contribution < -0.4 is 5.73 Å². The van der Waals surface area contributed by atoms with E-state index in [2.05, 4.69) is 0 Å². The van der Waals surface area contributed by atoms with E-state index >= 15 is 0 Å². The molecule has 1 saturated heterocycles. The number of piperazine rings is 1. The maximum Gasteiger partial charge on any atom is 0.421 e. The van der Waals surface area contributed by atoms with Gasteiger partial charge in [0.2, 0.25) is 0 Å². The lowest BCUT2D eigenvalue weighted by Crippen LogP contribution is -2.56. The van der Waals surface area contributed by atoms with Crippen LogP contribution in [0.4, 0.5) is 4.79 Å². The van der Waals surface area contributed by atoms with Crippen molar-refractivity contribution in [1.29, 1.82) is 0 Å². The molecule has 1 atom stereocenters. The monoisotopic (exact) mass is 290 g/mol. The molecule has 1 unspecified atom stereocenters. The lowest BCUT2D eigenvalue weighted by atomic mass is 10.2. The lowest BCUT2D eigenvalue weighted by molar-refractivity contribution is -0.139. The fourth-order valence-electron chi connectivity index (χ4n) is 2.09. The summed E-state index contributed by atoms with van der Waals surface area (Å²) < 4.78 is 0. The van der Waals surface area contributed by atoms with Crippen molar-refractivity contribution in [3.05, 3.63) is 0 Å². The first-order valence-electron chi connectivity index (χ1n) is 6.52. The minimum Gasteiger partial charge on any atom is -0.480 e. The molecular weight excluding hydrogens is 268 g/mol. The summed E-state index contributed by atoms with van der Waals surface area (Å²) in [5.41, 5.74) is 5.38. The summed E-state index contributed by atoms with van der Waals surface area (Å²) in [6.45, 7) is 3.08. The second kappa shape index (κ2) is 8.00. The van der Waals surface area contributed by atoms with Crippen LogP contribution >= 0.6 is 0 Å². The topological polar surface area (TPSA) is 131 Å². The van der Waals surface area contributed by atoms with Gasteiger partial charge in [-0.25, -0.2) is 14.8 Å². The van der Waals surface area contributed by atoms with Crippen LogP contribution in [0.25, 0.3) is 0 Å². The van der Waals surface area contributed by atoms with E-state index in [1.807, 2.05) is 4.90 Å². The largest absolute Gasteiger partial charge is 0.480 e. The van der Waals surface area contributed by atoms with Gasteiger partial charge in [0, 0.05) is 39.3 Å². The Morgan fingerprint density at radius 3 is 2.25 bits per heavy atom. The van der Waals surface area contributed by atoms with Gasteiger partial charge in [-0.15, -0.1) is 0 Å². The SMILES string of the molecule is NC(CCN(C(=O)O)N1CCN(CCO)CC1)C(=O)O. The summed E-state index contributed by atoms with van der Waals surface area (Å²) in [7, 11) is 0. The summed E-state index contributed by atoms with van der Waals surface area (Å²) in [4.78, 5) is 23.9. The first-order valence-corrected chi connectivity index (χ1v) is 6.52. The van der Waals surface area contributed by atoms with Crippen molar-refractivity contribution >= 4 is 12.1 Å². The van der Waals surface area contributed by atoms with Crippen LogP contribution in [-0.4, -0.2) is 94.2 Å². The summed E-state index contributed by atoms with van der Waals surface area (Å²) in [6, 6.07) is -1.06. The molecule has 116 valence electrons. The number of carboxylic acids is 1. The molecule has 0 aromatic heterocycles. The van der Waals surface area contributed by atoms with Crippen molar-refractivity contribution in [2.24, 2.45) is 5.73 Å². The number of nitrogens with zero attached hydrogens (tertiary/aromatic N) is 3. The van der Waals surface area contributed by atoms with Crippen LogP contribution in [0, 0.1) is 0 Å². The number of amides is 1. The molecule has 0 aliphatic carbocycles. The first-order chi connectivity index (χ1) is 9.45. The van der Waals surface area contributed by atoms with Gasteiger partial charge in [0.25, 0.3) is 0 Å². The Bertz CT molecular complexity index is 333. The standard InChI is InChI=1S/C11H22N4O5/c12-9(10(17)18)1-2-15(11(19)20)14-5-3-13(4-6-14)7-8-16/h9,16H,1-8,12H2,(H,17,18)(H,19,20). The highest BCUT2D eigenvalue weighted by Crippen LogP contribution is 2.07. The second-order valence-electron chi connectivity index (χ2n) is 4.66. The van der Waals surface area contributed by atoms with Gasteiger partial charge < -0.3 is 21.1 Å². The van der Waals surface area contributed by atoms with Gasteiger partial charge in [0.05, 0.1) is 6.61 Å². The van der Waals surface area contributed by atoms with Crippen LogP contribution in [0.15, 0.2) is 0 Å². The Morgan fingerprint density at radius 1 is 1.20 bits per heavy atom. The van der Waals surface area contributed by atoms with E-state index in [0.29, 0.717) is 32.7 Å². The number of carboxylic acid groups (broad SMARTS) is 2. The number of nitrogens with two attached hydrogens (primary N) is 1. The van der Waals surface area contributed by atoms with E-state index in [9.17, 15) is 14.7 Å². The molecule has 0 spiro atoms. The second-order valence-corrected chi connectivity index (χ2v) is 4.66. The summed E-state index contributed by atoms with van der Waals surface area (Å²) >= 11 is 0. The molecule has 1 rings (SSSR count). The molecule has 9 heteroatoms. The lowest BCUT2D eigenvalue weighted by Gasteiger charge is -2.39. The zero-order valence-corrected chi connectivity index (χ0v) is 11.3. The molecule has 0 aromatic rings. The van der Waals surface area contributed by atoms with Crippen LogP contribution in [-0.2, 0) is 4.79 Å². The maximum atomic E-state index is 11.2. The zero-order valence-electron chi connectivity index (χ0n) is 11.3. The predicted octanol–water partition coefficient (Wildman–Crippen LogP) is -1.71. The highest BCUT2D eigenvalue weighted by Gasteiger charge is 2.26. The summed E-state index contributed by atoms with van der Waals surface area (Å²) in [5, 5.41) is 29.5. The van der Waals surface area contributed by atoms with Gasteiger partial charge in [-0.1, -0.05) is 0 Å². The van der Waals surface area contributed by atoms with Gasteiger partial charge in [-0.05, 0) is 6.42 Å². The van der Waals surface area contributed by atoms with E-state index in [0.717, 1.165) is 5.01 Å². The van der Waals surface area contributed by atoms with Gasteiger partial charge in [-0.2, -0.15) is 0 Å². The van der Waals surface area contributed by atoms with Crippen molar-refractivity contribution in [1.82, 2.24) is 14.9 Å². The summed E-state index contributed by atoms with van der Waals surface area (Å²) in [5.74, 6) is -1.14. The highest BCUT2D eigenvalue weighted by molar-refractivity contribution is 5.73. The zero-order chi connectivity index (χ0) is 15.1. The Balaban J connectivity index is 2.47. The number of hydrazine groups is 1. The molecule has 1 heterocycles. The number of rotatable bonds is 7. The van der Waals surface area contributed by atoms with Crippen LogP contribution in [0.2, 0.25) is 0 Å². The molecule has 1 amide bonds. The number of β-amino-alcohol motifs (C(OH)–C–C–N with tert-alkyl or cyclic N) is 1. The van der Waals surface area contributed by atoms with E-state index in [-0.39, 0.29) is 19.6 Å². The molecule has 20 heavy (non-hydrogen) atoms. The molecule has 9 nitrogen and oxygen atoms in total. The minimum atomic E-state index is -1.14. The van der Waals surface area contributed by atoms with Crippen molar-refractivity contribution in [3.8, 4) is 0 Å². The van der Waals surface area contributed by atoms with Gasteiger partial charge >= 0.3 is 12.1 Å². The number of hydrogen-bond acceptors (Lipinski definition) is 6. The smallest absolute Gasteiger partial charge is 0.421 e. The van der Waals surface area contributed by atoms with E-state index in [1.165, 1.54) is 0 Å². The molecule has 1 aliphatic rings. The predicted molar refractivity (Wildman–Crippen MR) is 70.1 cm³/mol. The third kappa shape index (κ3) is 4.93. The molecule has 0 radical (unpaired) electrons. The maximum absolute atomic E-state index is 11.2. The van der Waals surface area contributed by atoms with Crippen molar-refractivity contribution in [2.75, 3.05) is 45.9 Å². The third-order valence-electron chi connectivity index (χ3n) is 3.30. The Kier molecular flexibility index (Phi) is 6.65. The molecular formula is C11H22N4O5. The van der Waals surface area contributed by atoms with Crippen molar-refractivity contribution in [3.63, 3.8) is 0 Å². The number of aliphatic hydroxyl groups excluding tert-OH is 1. The molecule has 1 fully saturated rings. The Labute approximate surface area is 117 Å². The normalized spacial score (nSPS) is 18.7. The molecule has 0 saturated carbocycles. The fourth-order valence-corrected chi connectivity index (χ4v) is 2.09. The molecule has 0 aromatic carbocycles. The third-order valence-corrected chi connectivity index (χ3v) is 3.30. The quantitative estimate of drug-likeness (QED) is 0.436. The minimum absolute atomic E-state index is 0.0583. The number of carbonyl (C=O) groups is 2. The van der Waals surface area contributed by atoms with E-state index in [1.54, 1.807) is 5.01 Å². The van der Waals surface area contributed by atoms with Gasteiger partial charge in [-0.3, -0.25) is 9.69 Å². The molecule has 1 aliphatic heterocycles. The van der Waals surface area contributed by atoms with Gasteiger partial charge in [0.1, 0.15) is 6.04 Å². The van der Waals surface area contributed by atoms with E-state index in [4.69, 9.17) is 15.9 Å². The van der Waals surface area contributed by atoms with Crippen LogP contribution in [0.1, 0.15) is 6.42 Å². The van der Waals surface area contributed by atoms with Crippen LogP contribution in [0.3, 0.4) is 0 Å². The van der Waals surface area contributed by atoms with Crippen LogP contribution in [0.5, 0.6) is 0 Å². The van der Waals surface area contributed by atoms with Crippen molar-refractivity contribution < 1.29 is 24.9 Å². The fraction of sp³-hybridized carbons (Fsp3) is 0.818. The first kappa shape index (κ1) is 16.6. The number of aliphatic hydroxyl groups is 1. The molecule has 5 N–H and O–H groups in total. The Morgan fingerprint density at radius 2 is 1.80 bits per heavy atom. The van der Waals surface area contributed by atoms with E-state index < -0.39 is 18.1 Å².